The Morgan fingerprint density at radius 2 is 1.78 bits per heavy atom. The van der Waals surface area contributed by atoms with E-state index in [9.17, 15) is 4.79 Å². The van der Waals surface area contributed by atoms with Gasteiger partial charge < -0.3 is 14.3 Å². The standard InChI is InChI=1S/C25H27N5O2/c31-23(13-10-19-6-2-1-3-7-19)30-16-14-29(15-17-30)22-12-11-21(18-26-22)24-27-25(32-28-24)20-8-4-5-9-20/h1-3,6-7,10-13,18,20H,4-5,8-9,14-17H2/b13-10-. The van der Waals surface area contributed by atoms with E-state index in [1.54, 1.807) is 12.3 Å². The van der Waals surface area contributed by atoms with Gasteiger partial charge in [0.15, 0.2) is 0 Å². The number of carbonyl (C=O) groups excluding carboxylic acids is 1. The molecule has 0 atom stereocenters. The summed E-state index contributed by atoms with van der Waals surface area (Å²) in [7, 11) is 0. The van der Waals surface area contributed by atoms with Gasteiger partial charge in [0.1, 0.15) is 5.82 Å². The van der Waals surface area contributed by atoms with E-state index in [0.717, 1.165) is 48.8 Å². The zero-order chi connectivity index (χ0) is 21.8. The van der Waals surface area contributed by atoms with Gasteiger partial charge in [0.25, 0.3) is 0 Å². The number of piperazine rings is 1. The number of amides is 1. The average molecular weight is 430 g/mol. The van der Waals surface area contributed by atoms with Crippen LogP contribution in [0.5, 0.6) is 0 Å². The van der Waals surface area contributed by atoms with E-state index < -0.39 is 0 Å². The molecule has 3 aromatic rings. The van der Waals surface area contributed by atoms with Crippen molar-refractivity contribution in [3.8, 4) is 11.4 Å². The molecule has 7 nitrogen and oxygen atoms in total. The zero-order valence-electron chi connectivity index (χ0n) is 18.1. The summed E-state index contributed by atoms with van der Waals surface area (Å²) in [5.74, 6) is 2.72. The van der Waals surface area contributed by atoms with Crippen LogP contribution in [0.15, 0.2) is 59.3 Å². The van der Waals surface area contributed by atoms with Crippen LogP contribution in [-0.4, -0.2) is 52.1 Å². The second-order valence-electron chi connectivity index (χ2n) is 8.40. The lowest BCUT2D eigenvalue weighted by atomic mass is 10.1. The highest BCUT2D eigenvalue weighted by molar-refractivity contribution is 5.91. The third-order valence-electron chi connectivity index (χ3n) is 6.29. The van der Waals surface area contributed by atoms with Crippen LogP contribution in [-0.2, 0) is 4.79 Å². The number of nitrogens with zero attached hydrogens (tertiary/aromatic N) is 5. The monoisotopic (exact) mass is 429 g/mol. The zero-order valence-corrected chi connectivity index (χ0v) is 18.1. The molecule has 1 aromatic carbocycles. The molecule has 164 valence electrons. The Hall–Kier alpha value is -3.48. The molecule has 0 bridgehead atoms. The van der Waals surface area contributed by atoms with Crippen LogP contribution in [0.2, 0.25) is 0 Å². The van der Waals surface area contributed by atoms with Crippen LogP contribution in [0.4, 0.5) is 5.82 Å². The van der Waals surface area contributed by atoms with Crippen molar-refractivity contribution in [2.45, 2.75) is 31.6 Å². The van der Waals surface area contributed by atoms with Crippen molar-refractivity contribution in [1.82, 2.24) is 20.0 Å². The maximum absolute atomic E-state index is 12.5. The molecule has 1 amide bonds. The third kappa shape index (κ3) is 4.56. The minimum atomic E-state index is 0.0481. The normalized spacial score (nSPS) is 17.4. The summed E-state index contributed by atoms with van der Waals surface area (Å²) in [5.41, 5.74) is 1.89. The Balaban J connectivity index is 1.16. The Labute approximate surface area is 187 Å². The summed E-state index contributed by atoms with van der Waals surface area (Å²) in [5, 5.41) is 4.15. The SMILES string of the molecule is O=C(/C=C\c1ccccc1)N1CCN(c2ccc(-c3noc(C4CCCC4)n3)cn2)CC1. The molecule has 2 fully saturated rings. The Bertz CT molecular complexity index is 1060. The number of carbonyl (C=O) groups is 1. The molecule has 1 aliphatic heterocycles. The molecular formula is C25H27N5O2. The van der Waals surface area contributed by atoms with Gasteiger partial charge in [-0.05, 0) is 36.6 Å². The van der Waals surface area contributed by atoms with Gasteiger partial charge in [-0.25, -0.2) is 4.98 Å². The predicted octanol–water partition coefficient (Wildman–Crippen LogP) is 4.15. The molecule has 7 heteroatoms. The third-order valence-corrected chi connectivity index (χ3v) is 6.29. The number of hydrogen-bond donors (Lipinski definition) is 0. The Morgan fingerprint density at radius 1 is 1.00 bits per heavy atom. The largest absolute Gasteiger partial charge is 0.353 e. The van der Waals surface area contributed by atoms with Gasteiger partial charge >= 0.3 is 0 Å². The first-order chi connectivity index (χ1) is 15.8. The van der Waals surface area contributed by atoms with E-state index >= 15 is 0 Å². The van der Waals surface area contributed by atoms with E-state index in [2.05, 4.69) is 20.0 Å². The molecule has 0 unspecified atom stereocenters. The van der Waals surface area contributed by atoms with Crippen LogP contribution < -0.4 is 4.90 Å². The average Bonchev–Trinajstić information content (AvgIpc) is 3.56. The number of benzene rings is 1. The number of pyridine rings is 1. The quantitative estimate of drug-likeness (QED) is 0.567. The second kappa shape index (κ2) is 9.34. The summed E-state index contributed by atoms with van der Waals surface area (Å²) in [6.07, 6.45) is 10.1. The van der Waals surface area contributed by atoms with E-state index in [4.69, 9.17) is 4.52 Å². The summed E-state index contributed by atoms with van der Waals surface area (Å²) >= 11 is 0. The number of anilines is 1. The minimum absolute atomic E-state index is 0.0481. The van der Waals surface area contributed by atoms with E-state index in [0.29, 0.717) is 24.8 Å². The lowest BCUT2D eigenvalue weighted by molar-refractivity contribution is -0.126. The van der Waals surface area contributed by atoms with Crippen LogP contribution in [0.25, 0.3) is 17.5 Å². The van der Waals surface area contributed by atoms with Crippen molar-refractivity contribution in [1.29, 1.82) is 0 Å². The highest BCUT2D eigenvalue weighted by Gasteiger charge is 2.24. The first-order valence-corrected chi connectivity index (χ1v) is 11.3. The molecular weight excluding hydrogens is 402 g/mol. The van der Waals surface area contributed by atoms with Crippen LogP contribution >= 0.6 is 0 Å². The Morgan fingerprint density at radius 3 is 2.50 bits per heavy atom. The smallest absolute Gasteiger partial charge is 0.246 e. The van der Waals surface area contributed by atoms with Gasteiger partial charge in [-0.15, -0.1) is 0 Å². The molecule has 1 saturated carbocycles. The van der Waals surface area contributed by atoms with Crippen molar-refractivity contribution in [3.63, 3.8) is 0 Å². The fourth-order valence-electron chi connectivity index (χ4n) is 4.39. The van der Waals surface area contributed by atoms with Gasteiger partial charge in [-0.1, -0.05) is 48.3 Å². The molecule has 32 heavy (non-hydrogen) atoms. The van der Waals surface area contributed by atoms with Crippen molar-refractivity contribution >= 4 is 17.8 Å². The number of hydrogen-bond acceptors (Lipinski definition) is 6. The minimum Gasteiger partial charge on any atom is -0.353 e. The fourth-order valence-corrected chi connectivity index (χ4v) is 4.39. The van der Waals surface area contributed by atoms with Crippen LogP contribution in [0.1, 0.15) is 43.1 Å². The topological polar surface area (TPSA) is 75.4 Å². The van der Waals surface area contributed by atoms with Crippen molar-refractivity contribution < 1.29 is 9.32 Å². The molecule has 1 saturated heterocycles. The van der Waals surface area contributed by atoms with Gasteiger partial charge in [-0.3, -0.25) is 4.79 Å². The first kappa shape index (κ1) is 20.4. The molecule has 2 aromatic heterocycles. The molecule has 3 heterocycles. The van der Waals surface area contributed by atoms with Crippen molar-refractivity contribution in [3.05, 3.63) is 66.2 Å². The number of aromatic nitrogens is 3. The van der Waals surface area contributed by atoms with Gasteiger partial charge in [0.05, 0.1) is 0 Å². The van der Waals surface area contributed by atoms with Crippen molar-refractivity contribution in [2.24, 2.45) is 0 Å². The summed E-state index contributed by atoms with van der Waals surface area (Å²) < 4.78 is 5.49. The molecule has 2 aliphatic rings. The van der Waals surface area contributed by atoms with Gasteiger partial charge in [0, 0.05) is 49.9 Å². The highest BCUT2D eigenvalue weighted by atomic mass is 16.5. The maximum Gasteiger partial charge on any atom is 0.246 e. The predicted molar refractivity (Wildman–Crippen MR) is 123 cm³/mol. The lowest BCUT2D eigenvalue weighted by Crippen LogP contribution is -2.48. The maximum atomic E-state index is 12.5. The summed E-state index contributed by atoms with van der Waals surface area (Å²) in [6, 6.07) is 13.9. The molecule has 5 rings (SSSR count). The second-order valence-corrected chi connectivity index (χ2v) is 8.40. The Kier molecular flexibility index (Phi) is 5.96. The molecule has 0 radical (unpaired) electrons. The highest BCUT2D eigenvalue weighted by Crippen LogP contribution is 2.33. The first-order valence-electron chi connectivity index (χ1n) is 11.3. The number of rotatable bonds is 5. The van der Waals surface area contributed by atoms with E-state index in [-0.39, 0.29) is 5.91 Å². The van der Waals surface area contributed by atoms with Crippen LogP contribution in [0, 0.1) is 0 Å². The molecule has 1 aliphatic carbocycles. The van der Waals surface area contributed by atoms with E-state index in [1.807, 2.05) is 53.4 Å². The summed E-state index contributed by atoms with van der Waals surface area (Å²) in [4.78, 5) is 25.8. The van der Waals surface area contributed by atoms with Crippen molar-refractivity contribution in [2.75, 3.05) is 31.1 Å². The van der Waals surface area contributed by atoms with Gasteiger partial charge in [0.2, 0.25) is 17.6 Å². The fraction of sp³-hybridized carbons (Fsp3) is 0.360. The molecule has 0 spiro atoms. The van der Waals surface area contributed by atoms with E-state index in [1.165, 1.54) is 12.8 Å². The lowest BCUT2D eigenvalue weighted by Gasteiger charge is -2.35. The molecule has 0 N–H and O–H groups in total. The van der Waals surface area contributed by atoms with Gasteiger partial charge in [-0.2, -0.15) is 4.98 Å². The summed E-state index contributed by atoms with van der Waals surface area (Å²) in [6.45, 7) is 2.87. The van der Waals surface area contributed by atoms with Crippen LogP contribution in [0.3, 0.4) is 0 Å².